The second kappa shape index (κ2) is 6.88. The molecule has 2 N–H and O–H groups in total. The number of hydrogen-bond acceptors (Lipinski definition) is 6. The van der Waals surface area contributed by atoms with Crippen LogP contribution in [0.3, 0.4) is 0 Å². The third-order valence-corrected chi connectivity index (χ3v) is 4.96. The number of pyridine rings is 1. The number of benzene rings is 1. The van der Waals surface area contributed by atoms with E-state index in [1.165, 1.54) is 0 Å². The first-order valence-electron chi connectivity index (χ1n) is 8.82. The molecule has 1 fully saturated rings. The van der Waals surface area contributed by atoms with Crippen LogP contribution in [0.4, 0.5) is 5.82 Å². The van der Waals surface area contributed by atoms with E-state index in [-0.39, 0.29) is 12.1 Å². The summed E-state index contributed by atoms with van der Waals surface area (Å²) in [4.78, 5) is 13.5. The number of anilines is 1. The molecule has 6 nitrogen and oxygen atoms in total. The van der Waals surface area contributed by atoms with Crippen LogP contribution in [-0.4, -0.2) is 33.3 Å². The maximum Gasteiger partial charge on any atom is 0.212 e. The number of fused-ring (bicyclic) bond motifs is 1. The van der Waals surface area contributed by atoms with Gasteiger partial charge in [0.15, 0.2) is 0 Å². The number of methoxy groups -OCH3 is 1. The van der Waals surface area contributed by atoms with Gasteiger partial charge in [0.2, 0.25) is 5.88 Å². The topological polar surface area (TPSA) is 80.2 Å². The number of nitrogens with zero attached hydrogens (tertiary/aromatic N) is 3. The number of hydrogen-bond donors (Lipinski definition) is 2. The van der Waals surface area contributed by atoms with Crippen LogP contribution >= 0.6 is 0 Å². The van der Waals surface area contributed by atoms with E-state index < -0.39 is 0 Å². The van der Waals surface area contributed by atoms with Crippen molar-refractivity contribution in [3.63, 3.8) is 0 Å². The van der Waals surface area contributed by atoms with Crippen molar-refractivity contribution < 1.29 is 9.84 Å². The van der Waals surface area contributed by atoms with E-state index in [1.807, 2.05) is 49.5 Å². The quantitative estimate of drug-likeness (QED) is 0.735. The maximum atomic E-state index is 9.79. The van der Waals surface area contributed by atoms with Crippen molar-refractivity contribution in [2.24, 2.45) is 5.92 Å². The molecule has 2 aromatic heterocycles. The van der Waals surface area contributed by atoms with Crippen LogP contribution < -0.4 is 10.1 Å². The third-order valence-electron chi connectivity index (χ3n) is 4.96. The Morgan fingerprint density at radius 1 is 1.15 bits per heavy atom. The molecule has 0 saturated heterocycles. The lowest BCUT2D eigenvalue weighted by atomic mass is 9.75. The number of aliphatic hydroxyl groups is 1. The number of aromatic nitrogens is 3. The minimum Gasteiger partial charge on any atom is -0.481 e. The van der Waals surface area contributed by atoms with Crippen molar-refractivity contribution in [3.05, 3.63) is 54.0 Å². The number of aryl methyl sites for hydroxylation is 1. The highest BCUT2D eigenvalue weighted by molar-refractivity contribution is 5.89. The Morgan fingerprint density at radius 3 is 2.65 bits per heavy atom. The van der Waals surface area contributed by atoms with E-state index in [0.717, 1.165) is 41.0 Å². The number of ether oxygens (including phenoxy) is 1. The summed E-state index contributed by atoms with van der Waals surface area (Å²) in [5, 5.41) is 14.4. The predicted octanol–water partition coefficient (Wildman–Crippen LogP) is 3.27. The van der Waals surface area contributed by atoms with Gasteiger partial charge in [-0.15, -0.1) is 0 Å². The van der Waals surface area contributed by atoms with Crippen molar-refractivity contribution in [2.75, 3.05) is 12.4 Å². The van der Waals surface area contributed by atoms with Gasteiger partial charge in [-0.2, -0.15) is 0 Å². The summed E-state index contributed by atoms with van der Waals surface area (Å²) >= 11 is 0. The molecular weight excluding hydrogens is 328 g/mol. The fraction of sp³-hybridized carbons (Fsp3) is 0.350. The fourth-order valence-corrected chi connectivity index (χ4v) is 3.52. The normalized spacial score (nSPS) is 20.4. The van der Waals surface area contributed by atoms with Gasteiger partial charge in [-0.25, -0.2) is 15.0 Å². The molecule has 1 aliphatic rings. The Balaban J connectivity index is 1.71. The monoisotopic (exact) mass is 350 g/mol. The highest BCUT2D eigenvalue weighted by Gasteiger charge is 2.35. The first kappa shape index (κ1) is 16.7. The van der Waals surface area contributed by atoms with E-state index in [1.54, 1.807) is 7.11 Å². The Kier molecular flexibility index (Phi) is 4.42. The van der Waals surface area contributed by atoms with Gasteiger partial charge in [0, 0.05) is 17.6 Å². The van der Waals surface area contributed by atoms with E-state index in [2.05, 4.69) is 20.3 Å². The van der Waals surface area contributed by atoms with Gasteiger partial charge in [0.05, 0.1) is 24.8 Å². The highest BCUT2D eigenvalue weighted by atomic mass is 16.5. The summed E-state index contributed by atoms with van der Waals surface area (Å²) in [6.07, 6.45) is 3.15. The van der Waals surface area contributed by atoms with Crippen molar-refractivity contribution in [1.29, 1.82) is 0 Å². The molecule has 3 aromatic rings. The molecule has 0 spiro atoms. The predicted molar refractivity (Wildman–Crippen MR) is 100 cm³/mol. The Labute approximate surface area is 152 Å². The second-order valence-corrected chi connectivity index (χ2v) is 6.78. The van der Waals surface area contributed by atoms with E-state index >= 15 is 0 Å². The van der Waals surface area contributed by atoms with Gasteiger partial charge >= 0.3 is 0 Å². The molecule has 1 aromatic carbocycles. The molecule has 4 rings (SSSR count). The van der Waals surface area contributed by atoms with Crippen LogP contribution in [0.25, 0.3) is 10.9 Å². The van der Waals surface area contributed by atoms with Crippen molar-refractivity contribution in [1.82, 2.24) is 15.0 Å². The summed E-state index contributed by atoms with van der Waals surface area (Å²) < 4.78 is 5.17. The molecule has 2 heterocycles. The molecular formula is C20H22N4O2. The summed E-state index contributed by atoms with van der Waals surface area (Å²) in [5.41, 5.74) is 1.98. The third kappa shape index (κ3) is 3.20. The number of para-hydroxylation sites is 1. The van der Waals surface area contributed by atoms with Gasteiger partial charge in [-0.05, 0) is 43.4 Å². The average molecular weight is 350 g/mol. The zero-order valence-electron chi connectivity index (χ0n) is 14.9. The lowest BCUT2D eigenvalue weighted by molar-refractivity contribution is 0.0339. The Hall–Kier alpha value is -2.73. The zero-order chi connectivity index (χ0) is 18.1. The highest BCUT2D eigenvalue weighted by Crippen LogP contribution is 2.40. The van der Waals surface area contributed by atoms with Crippen LogP contribution in [0, 0.1) is 12.8 Å². The number of aliphatic hydroxyl groups excluding tert-OH is 1. The minimum atomic E-state index is -0.223. The molecule has 0 amide bonds. The molecule has 0 bridgehead atoms. The standard InChI is InChI=1S/C20H22N4O2/c1-12-22-17-6-4-3-5-16(17)20(23-12)24-19(14-9-15(25)10-14)13-7-8-18(26-2)21-11-13/h3-8,11,14-15,19,25H,9-10H2,1-2H3,(H,22,23,24). The van der Waals surface area contributed by atoms with Crippen LogP contribution in [0.5, 0.6) is 5.88 Å². The van der Waals surface area contributed by atoms with Crippen LogP contribution in [0.1, 0.15) is 30.3 Å². The molecule has 26 heavy (non-hydrogen) atoms. The van der Waals surface area contributed by atoms with Gasteiger partial charge in [0.1, 0.15) is 11.6 Å². The smallest absolute Gasteiger partial charge is 0.212 e. The minimum absolute atomic E-state index is 0.0227. The molecule has 0 aliphatic heterocycles. The zero-order valence-corrected chi connectivity index (χ0v) is 14.9. The number of nitrogens with one attached hydrogen (secondary N) is 1. The molecule has 1 saturated carbocycles. The summed E-state index contributed by atoms with van der Waals surface area (Å²) in [6.45, 7) is 1.90. The van der Waals surface area contributed by atoms with Crippen molar-refractivity contribution in [2.45, 2.75) is 31.9 Å². The van der Waals surface area contributed by atoms with Crippen molar-refractivity contribution in [3.8, 4) is 5.88 Å². The average Bonchev–Trinajstić information content (AvgIpc) is 2.64. The lowest BCUT2D eigenvalue weighted by Gasteiger charge is -2.38. The van der Waals surface area contributed by atoms with Gasteiger partial charge in [-0.3, -0.25) is 0 Å². The first-order valence-corrected chi connectivity index (χ1v) is 8.82. The Bertz CT molecular complexity index is 907. The largest absolute Gasteiger partial charge is 0.481 e. The van der Waals surface area contributed by atoms with E-state index in [9.17, 15) is 5.11 Å². The van der Waals surface area contributed by atoms with Gasteiger partial charge < -0.3 is 15.2 Å². The SMILES string of the molecule is COc1ccc(C(Nc2nc(C)nc3ccccc23)C2CC(O)C2)cn1. The maximum absolute atomic E-state index is 9.79. The van der Waals surface area contributed by atoms with E-state index in [4.69, 9.17) is 4.74 Å². The molecule has 6 heteroatoms. The Morgan fingerprint density at radius 2 is 1.96 bits per heavy atom. The molecule has 1 aliphatic carbocycles. The first-order chi connectivity index (χ1) is 12.6. The van der Waals surface area contributed by atoms with Crippen LogP contribution in [-0.2, 0) is 0 Å². The fourth-order valence-electron chi connectivity index (χ4n) is 3.52. The van der Waals surface area contributed by atoms with Crippen molar-refractivity contribution >= 4 is 16.7 Å². The van der Waals surface area contributed by atoms with Crippen LogP contribution in [0.15, 0.2) is 42.6 Å². The lowest BCUT2D eigenvalue weighted by Crippen LogP contribution is -2.36. The second-order valence-electron chi connectivity index (χ2n) is 6.78. The summed E-state index contributed by atoms with van der Waals surface area (Å²) in [5.74, 6) is 2.46. The van der Waals surface area contributed by atoms with Crippen LogP contribution in [0.2, 0.25) is 0 Å². The molecule has 134 valence electrons. The van der Waals surface area contributed by atoms with E-state index in [0.29, 0.717) is 11.8 Å². The van der Waals surface area contributed by atoms with Gasteiger partial charge in [0.25, 0.3) is 0 Å². The summed E-state index contributed by atoms with van der Waals surface area (Å²) in [7, 11) is 1.61. The number of rotatable bonds is 5. The van der Waals surface area contributed by atoms with Gasteiger partial charge in [-0.1, -0.05) is 18.2 Å². The summed E-state index contributed by atoms with van der Waals surface area (Å²) in [6, 6.07) is 11.9. The molecule has 1 atom stereocenters. The molecule has 0 radical (unpaired) electrons. The molecule has 1 unspecified atom stereocenters.